The lowest BCUT2D eigenvalue weighted by atomic mass is 10.0. The first-order valence-electron chi connectivity index (χ1n) is 10.0. The molecule has 0 aliphatic heterocycles. The predicted octanol–water partition coefficient (Wildman–Crippen LogP) is 5.48. The topological polar surface area (TPSA) is 80.0 Å². The molecule has 0 atom stereocenters. The van der Waals surface area contributed by atoms with E-state index in [9.17, 15) is 4.79 Å². The van der Waals surface area contributed by atoms with Crippen molar-refractivity contribution in [1.82, 2.24) is 15.3 Å². The highest BCUT2D eigenvalue weighted by molar-refractivity contribution is 7.80. The minimum atomic E-state index is -0.266. The number of rotatable bonds is 3. The second kappa shape index (κ2) is 8.20. The van der Waals surface area contributed by atoms with E-state index < -0.39 is 0 Å². The summed E-state index contributed by atoms with van der Waals surface area (Å²) in [5, 5.41) is 7.97. The summed E-state index contributed by atoms with van der Waals surface area (Å²) in [6.07, 6.45) is 1.68. The van der Waals surface area contributed by atoms with Crippen LogP contribution < -0.4 is 10.6 Å². The summed E-state index contributed by atoms with van der Waals surface area (Å²) >= 11 is 5.41. The van der Waals surface area contributed by atoms with Crippen molar-refractivity contribution < 1.29 is 9.21 Å². The minimum absolute atomic E-state index is 0.211. The zero-order valence-electron chi connectivity index (χ0n) is 17.1. The molecule has 156 valence electrons. The summed E-state index contributed by atoms with van der Waals surface area (Å²) in [4.78, 5) is 21.6. The lowest BCUT2D eigenvalue weighted by molar-refractivity contribution is 0.0979. The summed E-state index contributed by atoms with van der Waals surface area (Å²) in [6, 6.07) is 22.7. The van der Waals surface area contributed by atoms with Crippen LogP contribution in [0.5, 0.6) is 0 Å². The van der Waals surface area contributed by atoms with Crippen molar-refractivity contribution in [3.63, 3.8) is 0 Å². The highest BCUT2D eigenvalue weighted by atomic mass is 32.1. The monoisotopic (exact) mass is 438 g/mol. The molecule has 0 saturated heterocycles. The molecule has 2 N–H and O–H groups in total. The summed E-state index contributed by atoms with van der Waals surface area (Å²) in [5.41, 5.74) is 4.20. The molecule has 0 aliphatic rings. The maximum absolute atomic E-state index is 12.9. The van der Waals surface area contributed by atoms with Crippen LogP contribution in [0.1, 0.15) is 15.9 Å². The molecule has 5 aromatic rings. The summed E-state index contributed by atoms with van der Waals surface area (Å²) < 4.78 is 5.85. The summed E-state index contributed by atoms with van der Waals surface area (Å²) in [7, 11) is 0. The van der Waals surface area contributed by atoms with Crippen LogP contribution in [0, 0.1) is 6.92 Å². The quantitative estimate of drug-likeness (QED) is 0.363. The Morgan fingerprint density at radius 1 is 0.969 bits per heavy atom. The molecule has 2 aromatic heterocycles. The van der Waals surface area contributed by atoms with E-state index in [1.165, 1.54) is 0 Å². The Hall–Kier alpha value is -4.10. The predicted molar refractivity (Wildman–Crippen MR) is 130 cm³/mol. The molecule has 3 aromatic carbocycles. The molecule has 0 unspecified atom stereocenters. The number of hydrogen-bond donors (Lipinski definition) is 2. The molecule has 0 bridgehead atoms. The van der Waals surface area contributed by atoms with Crippen LogP contribution in [-0.4, -0.2) is 21.0 Å². The number of aromatic nitrogens is 2. The van der Waals surface area contributed by atoms with Crippen molar-refractivity contribution >= 4 is 50.9 Å². The average Bonchev–Trinajstić information content (AvgIpc) is 3.24. The van der Waals surface area contributed by atoms with Crippen LogP contribution in [0.25, 0.3) is 33.5 Å². The molecular weight excluding hydrogens is 420 g/mol. The Bertz CT molecular complexity index is 1450. The first-order valence-corrected chi connectivity index (χ1v) is 10.4. The maximum atomic E-state index is 12.9. The van der Waals surface area contributed by atoms with Gasteiger partial charge in [0.2, 0.25) is 5.89 Å². The highest BCUT2D eigenvalue weighted by Gasteiger charge is 2.15. The molecule has 0 radical (unpaired) electrons. The third-order valence-electron chi connectivity index (χ3n) is 5.24. The van der Waals surface area contributed by atoms with Crippen LogP contribution in [0.3, 0.4) is 0 Å². The van der Waals surface area contributed by atoms with Gasteiger partial charge in [0.15, 0.2) is 16.3 Å². The van der Waals surface area contributed by atoms with Crippen LogP contribution >= 0.6 is 12.2 Å². The van der Waals surface area contributed by atoms with Crippen LogP contribution in [0.4, 0.5) is 5.69 Å². The van der Waals surface area contributed by atoms with Gasteiger partial charge in [-0.15, -0.1) is 0 Å². The van der Waals surface area contributed by atoms with E-state index >= 15 is 0 Å². The maximum Gasteiger partial charge on any atom is 0.258 e. The number of fused-ring (bicyclic) bond motifs is 2. The number of nitrogens with zero attached hydrogens (tertiary/aromatic N) is 2. The third-order valence-corrected chi connectivity index (χ3v) is 5.44. The van der Waals surface area contributed by atoms with Gasteiger partial charge >= 0.3 is 0 Å². The number of amides is 1. The van der Waals surface area contributed by atoms with Gasteiger partial charge < -0.3 is 9.73 Å². The fourth-order valence-corrected chi connectivity index (χ4v) is 3.84. The first-order chi connectivity index (χ1) is 15.6. The van der Waals surface area contributed by atoms with Crippen LogP contribution in [-0.2, 0) is 0 Å². The largest absolute Gasteiger partial charge is 0.434 e. The molecular formula is C25H18N4O2S. The molecule has 7 heteroatoms. The number of carbonyl (C=O) groups excluding carboxylic acids is 1. The number of benzene rings is 3. The molecule has 0 fully saturated rings. The van der Waals surface area contributed by atoms with Crippen LogP contribution in [0.15, 0.2) is 83.4 Å². The molecule has 6 nitrogen and oxygen atoms in total. The zero-order valence-corrected chi connectivity index (χ0v) is 17.9. The van der Waals surface area contributed by atoms with Gasteiger partial charge in [0, 0.05) is 23.0 Å². The van der Waals surface area contributed by atoms with Gasteiger partial charge in [-0.2, -0.15) is 4.98 Å². The van der Waals surface area contributed by atoms with Gasteiger partial charge in [-0.05, 0) is 65.8 Å². The fourth-order valence-electron chi connectivity index (χ4n) is 3.63. The molecule has 0 saturated carbocycles. The Labute approximate surface area is 189 Å². The molecule has 2 heterocycles. The lowest BCUT2D eigenvalue weighted by Gasteiger charge is -2.14. The second-order valence-electron chi connectivity index (χ2n) is 7.26. The van der Waals surface area contributed by atoms with Gasteiger partial charge in [0.25, 0.3) is 5.91 Å². The normalized spacial score (nSPS) is 10.9. The Morgan fingerprint density at radius 3 is 2.66 bits per heavy atom. The van der Waals surface area contributed by atoms with E-state index in [0.29, 0.717) is 22.7 Å². The third kappa shape index (κ3) is 3.70. The number of anilines is 1. The molecule has 32 heavy (non-hydrogen) atoms. The molecule has 5 rings (SSSR count). The Balaban J connectivity index is 1.37. The van der Waals surface area contributed by atoms with E-state index in [0.717, 1.165) is 27.6 Å². The standard InChI is InChI=1S/C25H18N4O2S/c1-15-17(24-28-22-21(31-24)13-6-14-26-22)10-5-12-20(15)27-25(32)29-23(30)19-11-4-8-16-7-2-3-9-18(16)19/h2-14H,1H3,(H2,27,29,30,32). The van der Waals surface area contributed by atoms with E-state index in [-0.39, 0.29) is 11.0 Å². The van der Waals surface area contributed by atoms with Gasteiger partial charge in [-0.1, -0.05) is 42.5 Å². The van der Waals surface area contributed by atoms with Crippen molar-refractivity contribution in [3.05, 3.63) is 90.1 Å². The smallest absolute Gasteiger partial charge is 0.258 e. The van der Waals surface area contributed by atoms with E-state index in [1.807, 2.05) is 67.6 Å². The lowest BCUT2D eigenvalue weighted by Crippen LogP contribution is -2.34. The van der Waals surface area contributed by atoms with Crippen LogP contribution in [0.2, 0.25) is 0 Å². The van der Waals surface area contributed by atoms with Gasteiger partial charge in [-0.25, -0.2) is 4.98 Å². The second-order valence-corrected chi connectivity index (χ2v) is 7.67. The molecule has 0 spiro atoms. The van der Waals surface area contributed by atoms with Crippen molar-refractivity contribution in [3.8, 4) is 11.5 Å². The van der Waals surface area contributed by atoms with E-state index in [2.05, 4.69) is 20.6 Å². The summed E-state index contributed by atoms with van der Waals surface area (Å²) in [5.74, 6) is 0.212. The van der Waals surface area contributed by atoms with Crippen molar-refractivity contribution in [2.24, 2.45) is 0 Å². The van der Waals surface area contributed by atoms with E-state index in [1.54, 1.807) is 18.3 Å². The number of nitrogens with one attached hydrogen (secondary N) is 2. The first kappa shape index (κ1) is 19.8. The van der Waals surface area contributed by atoms with Crippen molar-refractivity contribution in [1.29, 1.82) is 0 Å². The van der Waals surface area contributed by atoms with Gasteiger partial charge in [0.1, 0.15) is 0 Å². The minimum Gasteiger partial charge on any atom is -0.434 e. The Morgan fingerprint density at radius 2 is 1.78 bits per heavy atom. The Kier molecular flexibility index (Phi) is 5.09. The number of hydrogen-bond acceptors (Lipinski definition) is 5. The molecule has 1 amide bonds. The fraction of sp³-hybridized carbons (Fsp3) is 0.0400. The molecule has 0 aliphatic carbocycles. The zero-order chi connectivity index (χ0) is 22.1. The highest BCUT2D eigenvalue weighted by Crippen LogP contribution is 2.30. The van der Waals surface area contributed by atoms with Crippen molar-refractivity contribution in [2.45, 2.75) is 6.92 Å². The number of pyridine rings is 1. The average molecular weight is 439 g/mol. The SMILES string of the molecule is Cc1c(NC(=S)NC(=O)c2cccc3ccccc23)cccc1-c1nc2ncccc2o1. The van der Waals surface area contributed by atoms with E-state index in [4.69, 9.17) is 16.6 Å². The van der Waals surface area contributed by atoms with Crippen molar-refractivity contribution in [2.75, 3.05) is 5.32 Å². The van der Waals surface area contributed by atoms with Gasteiger partial charge in [0.05, 0.1) is 0 Å². The number of oxazole rings is 1. The number of carbonyl (C=O) groups is 1. The van der Waals surface area contributed by atoms with Gasteiger partial charge in [-0.3, -0.25) is 10.1 Å². The summed E-state index contributed by atoms with van der Waals surface area (Å²) in [6.45, 7) is 1.94. The number of thiocarbonyl (C=S) groups is 1.